The predicted octanol–water partition coefficient (Wildman–Crippen LogP) is 3.75. The molecule has 0 bridgehead atoms. The molecule has 1 heterocycles. The second-order valence-electron chi connectivity index (χ2n) is 7.18. The van der Waals surface area contributed by atoms with Crippen molar-refractivity contribution in [2.45, 2.75) is 57.5 Å². The molecule has 1 aromatic rings. The summed E-state index contributed by atoms with van der Waals surface area (Å²) in [7, 11) is 2.17. The Kier molecular flexibility index (Phi) is 3.67. The Bertz CT molecular complexity index is 501. The molecule has 1 aromatic carbocycles. The van der Waals surface area contributed by atoms with E-state index in [0.717, 1.165) is 18.4 Å². The van der Waals surface area contributed by atoms with Gasteiger partial charge in [-0.15, -0.1) is 0 Å². The Morgan fingerprint density at radius 1 is 1.15 bits per heavy atom. The van der Waals surface area contributed by atoms with Crippen LogP contribution in [0.15, 0.2) is 24.3 Å². The zero-order valence-corrected chi connectivity index (χ0v) is 13.1. The lowest BCUT2D eigenvalue weighted by atomic mass is 9.71. The lowest BCUT2D eigenvalue weighted by molar-refractivity contribution is -0.0130. The minimum Gasteiger partial charge on any atom is -0.478 e. The molecule has 0 radical (unpaired) electrons. The van der Waals surface area contributed by atoms with Gasteiger partial charge < -0.3 is 5.11 Å². The van der Waals surface area contributed by atoms with Crippen LogP contribution in [0.5, 0.6) is 0 Å². The maximum atomic E-state index is 11.4. The molecule has 0 spiro atoms. The molecule has 2 rings (SSSR count). The molecule has 0 atom stereocenters. The van der Waals surface area contributed by atoms with Crippen molar-refractivity contribution in [3.63, 3.8) is 0 Å². The summed E-state index contributed by atoms with van der Waals surface area (Å²) < 4.78 is 0. The molecule has 0 unspecified atom stereocenters. The lowest BCUT2D eigenvalue weighted by Gasteiger charge is -2.54. The summed E-state index contributed by atoms with van der Waals surface area (Å²) in [6.45, 7) is 8.96. The predicted molar refractivity (Wildman–Crippen MR) is 81.3 cm³/mol. The molecule has 1 fully saturated rings. The average molecular weight is 275 g/mol. The first-order chi connectivity index (χ1) is 9.15. The fourth-order valence-electron chi connectivity index (χ4n) is 3.64. The molecule has 1 aliphatic rings. The van der Waals surface area contributed by atoms with Gasteiger partial charge in [-0.2, -0.15) is 0 Å². The van der Waals surface area contributed by atoms with Crippen LogP contribution in [-0.2, 0) is 0 Å². The van der Waals surface area contributed by atoms with Crippen LogP contribution in [0, 0.1) is 0 Å². The highest BCUT2D eigenvalue weighted by Gasteiger charge is 2.43. The number of carbonyl (C=O) groups is 1. The monoisotopic (exact) mass is 275 g/mol. The van der Waals surface area contributed by atoms with Crippen molar-refractivity contribution in [2.24, 2.45) is 0 Å². The van der Waals surface area contributed by atoms with Crippen molar-refractivity contribution in [3.05, 3.63) is 35.4 Å². The van der Waals surface area contributed by atoms with Gasteiger partial charge in [-0.05, 0) is 65.1 Å². The van der Waals surface area contributed by atoms with Gasteiger partial charge >= 0.3 is 5.97 Å². The number of carboxylic acids is 1. The highest BCUT2D eigenvalue weighted by molar-refractivity contribution is 5.89. The van der Waals surface area contributed by atoms with E-state index in [2.05, 4.69) is 39.6 Å². The normalized spacial score (nSPS) is 22.6. The van der Waals surface area contributed by atoms with Gasteiger partial charge in [-0.25, -0.2) is 4.79 Å². The van der Waals surface area contributed by atoms with E-state index in [0.29, 0.717) is 11.5 Å². The largest absolute Gasteiger partial charge is 0.478 e. The first-order valence-corrected chi connectivity index (χ1v) is 7.21. The third kappa shape index (κ3) is 2.59. The standard InChI is InChI=1S/C17H25NO2/c1-16(2)10-12(11-17(3,4)18(16)5)13-8-6-7-9-14(13)15(19)20/h6-9,12H,10-11H2,1-5H3,(H,19,20). The van der Waals surface area contributed by atoms with Crippen LogP contribution in [-0.4, -0.2) is 34.1 Å². The van der Waals surface area contributed by atoms with Crippen molar-refractivity contribution in [1.29, 1.82) is 0 Å². The number of benzene rings is 1. The minimum absolute atomic E-state index is 0.0675. The van der Waals surface area contributed by atoms with Crippen LogP contribution < -0.4 is 0 Å². The number of rotatable bonds is 2. The molecule has 110 valence electrons. The van der Waals surface area contributed by atoms with Gasteiger partial charge in [-0.3, -0.25) is 4.90 Å². The quantitative estimate of drug-likeness (QED) is 0.893. The summed E-state index contributed by atoms with van der Waals surface area (Å²) in [4.78, 5) is 13.9. The van der Waals surface area contributed by atoms with Crippen LogP contribution in [0.25, 0.3) is 0 Å². The summed E-state index contributed by atoms with van der Waals surface area (Å²) in [5.74, 6) is -0.529. The van der Waals surface area contributed by atoms with E-state index in [-0.39, 0.29) is 11.1 Å². The van der Waals surface area contributed by atoms with Gasteiger partial charge in [0.25, 0.3) is 0 Å². The van der Waals surface area contributed by atoms with Crippen LogP contribution in [0.1, 0.15) is 62.4 Å². The number of hydrogen-bond donors (Lipinski definition) is 1. The second-order valence-corrected chi connectivity index (χ2v) is 7.18. The first kappa shape index (κ1) is 15.0. The SMILES string of the molecule is CN1C(C)(C)CC(c2ccccc2C(=O)O)CC1(C)C. The zero-order chi connectivity index (χ0) is 15.1. The van der Waals surface area contributed by atoms with Crippen molar-refractivity contribution in [3.8, 4) is 0 Å². The van der Waals surface area contributed by atoms with Crippen LogP contribution >= 0.6 is 0 Å². The van der Waals surface area contributed by atoms with E-state index in [4.69, 9.17) is 0 Å². The Labute approximate surface area is 121 Å². The number of carboxylic acid groups (broad SMARTS) is 1. The first-order valence-electron chi connectivity index (χ1n) is 7.21. The molecule has 0 aliphatic carbocycles. The molecule has 0 aromatic heterocycles. The Hall–Kier alpha value is -1.35. The number of likely N-dealkylation sites (tertiary alicyclic amines) is 1. The molecule has 3 nitrogen and oxygen atoms in total. The third-order valence-electron chi connectivity index (χ3n) is 4.94. The molecule has 0 amide bonds. The number of aromatic carboxylic acids is 1. The number of piperidine rings is 1. The molecule has 20 heavy (non-hydrogen) atoms. The van der Waals surface area contributed by atoms with Crippen molar-refractivity contribution >= 4 is 5.97 Å². The highest BCUT2D eigenvalue weighted by Crippen LogP contribution is 2.45. The summed E-state index contributed by atoms with van der Waals surface area (Å²) in [5, 5.41) is 9.40. The third-order valence-corrected chi connectivity index (χ3v) is 4.94. The summed E-state index contributed by atoms with van der Waals surface area (Å²) in [6.07, 6.45) is 1.97. The van der Waals surface area contributed by atoms with Gasteiger partial charge in [0, 0.05) is 11.1 Å². The van der Waals surface area contributed by atoms with Gasteiger partial charge in [0.1, 0.15) is 0 Å². The van der Waals surface area contributed by atoms with Crippen molar-refractivity contribution in [2.75, 3.05) is 7.05 Å². The zero-order valence-electron chi connectivity index (χ0n) is 13.1. The van der Waals surface area contributed by atoms with Gasteiger partial charge in [-0.1, -0.05) is 18.2 Å². The molecule has 0 saturated carbocycles. The molecule has 1 saturated heterocycles. The minimum atomic E-state index is -0.824. The van der Waals surface area contributed by atoms with E-state index in [9.17, 15) is 9.90 Å². The molecular formula is C17H25NO2. The lowest BCUT2D eigenvalue weighted by Crippen LogP contribution is -2.58. The Morgan fingerprint density at radius 2 is 1.65 bits per heavy atom. The topological polar surface area (TPSA) is 40.5 Å². The van der Waals surface area contributed by atoms with E-state index in [1.165, 1.54) is 0 Å². The fraction of sp³-hybridized carbons (Fsp3) is 0.588. The second kappa shape index (κ2) is 4.88. The molecule has 1 aliphatic heterocycles. The van der Waals surface area contributed by atoms with E-state index < -0.39 is 5.97 Å². The molecule has 3 heteroatoms. The van der Waals surface area contributed by atoms with Crippen LogP contribution in [0.3, 0.4) is 0 Å². The maximum Gasteiger partial charge on any atom is 0.335 e. The fourth-order valence-corrected chi connectivity index (χ4v) is 3.64. The Morgan fingerprint density at radius 3 is 2.15 bits per heavy atom. The number of hydrogen-bond acceptors (Lipinski definition) is 2. The Balaban J connectivity index is 2.42. The van der Waals surface area contributed by atoms with E-state index in [1.54, 1.807) is 12.1 Å². The van der Waals surface area contributed by atoms with Crippen LogP contribution in [0.4, 0.5) is 0 Å². The highest BCUT2D eigenvalue weighted by atomic mass is 16.4. The average Bonchev–Trinajstić information content (AvgIpc) is 2.35. The van der Waals surface area contributed by atoms with Crippen LogP contribution in [0.2, 0.25) is 0 Å². The van der Waals surface area contributed by atoms with Gasteiger partial charge in [0.15, 0.2) is 0 Å². The summed E-state index contributed by atoms with van der Waals surface area (Å²) >= 11 is 0. The van der Waals surface area contributed by atoms with Crippen molar-refractivity contribution < 1.29 is 9.90 Å². The van der Waals surface area contributed by atoms with Crippen molar-refractivity contribution in [1.82, 2.24) is 4.90 Å². The summed E-state index contributed by atoms with van der Waals surface area (Å²) in [6, 6.07) is 7.44. The maximum absolute atomic E-state index is 11.4. The number of nitrogens with zero attached hydrogens (tertiary/aromatic N) is 1. The molecular weight excluding hydrogens is 250 g/mol. The van der Waals surface area contributed by atoms with E-state index in [1.807, 2.05) is 12.1 Å². The van der Waals surface area contributed by atoms with Gasteiger partial charge in [0.2, 0.25) is 0 Å². The smallest absolute Gasteiger partial charge is 0.335 e. The molecule has 1 N–H and O–H groups in total. The summed E-state index contributed by atoms with van der Waals surface area (Å²) in [5.41, 5.74) is 1.57. The van der Waals surface area contributed by atoms with E-state index >= 15 is 0 Å². The van der Waals surface area contributed by atoms with Gasteiger partial charge in [0.05, 0.1) is 5.56 Å².